The molecule has 0 aliphatic heterocycles. The third kappa shape index (κ3) is 5.66. The lowest BCUT2D eigenvalue weighted by Crippen LogP contribution is -2.24. The molecule has 0 saturated heterocycles. The monoisotopic (exact) mass is 559 g/mol. The number of nitrogens with one attached hydrogen (secondary N) is 2. The van der Waals surface area contributed by atoms with Crippen molar-refractivity contribution in [2.45, 2.75) is 13.8 Å². The zero-order valence-electron chi connectivity index (χ0n) is 19.2. The van der Waals surface area contributed by atoms with E-state index >= 15 is 0 Å². The van der Waals surface area contributed by atoms with Gasteiger partial charge in [-0.25, -0.2) is 9.59 Å². The Morgan fingerprint density at radius 3 is 2.28 bits per heavy atom. The molecule has 11 nitrogen and oxygen atoms in total. The van der Waals surface area contributed by atoms with Crippen molar-refractivity contribution in [1.29, 1.82) is 0 Å². The number of aryl methyl sites for hydroxylation is 1. The predicted octanol–water partition coefficient (Wildman–Crippen LogP) is 3.51. The molecule has 0 fully saturated rings. The second-order valence-corrected chi connectivity index (χ2v) is 8.38. The molecule has 0 unspecified atom stereocenters. The van der Waals surface area contributed by atoms with E-state index in [0.717, 1.165) is 5.56 Å². The fraction of sp³-hybridized carbons (Fsp3) is 0.167. The van der Waals surface area contributed by atoms with Crippen LogP contribution >= 0.6 is 15.9 Å². The average molecular weight is 560 g/mol. The first kappa shape index (κ1) is 26.3. The van der Waals surface area contributed by atoms with Crippen LogP contribution in [0, 0.1) is 6.92 Å². The number of hydrogen-bond donors (Lipinski definition) is 5. The fourth-order valence-corrected chi connectivity index (χ4v) is 3.98. The van der Waals surface area contributed by atoms with Gasteiger partial charge in [-0.3, -0.25) is 9.59 Å². The van der Waals surface area contributed by atoms with E-state index in [1.807, 2.05) is 19.1 Å². The normalized spacial score (nSPS) is 10.5. The molecule has 0 bridgehead atoms. The smallest absolute Gasteiger partial charge is 0.342 e. The van der Waals surface area contributed by atoms with Gasteiger partial charge >= 0.3 is 11.9 Å². The third-order valence-corrected chi connectivity index (χ3v) is 5.54. The van der Waals surface area contributed by atoms with Gasteiger partial charge < -0.3 is 35.7 Å². The third-order valence-electron chi connectivity index (χ3n) is 4.95. The number of anilines is 2. The van der Waals surface area contributed by atoms with Crippen LogP contribution in [0.3, 0.4) is 0 Å². The summed E-state index contributed by atoms with van der Waals surface area (Å²) in [5.41, 5.74) is 4.49. The van der Waals surface area contributed by atoms with Crippen LogP contribution in [-0.4, -0.2) is 46.3 Å². The molecule has 0 aliphatic rings. The van der Waals surface area contributed by atoms with Gasteiger partial charge in [-0.05, 0) is 59.6 Å². The first-order valence-corrected chi connectivity index (χ1v) is 11.3. The minimum Gasteiger partial charge on any atom is -0.490 e. The van der Waals surface area contributed by atoms with Crippen LogP contribution < -0.4 is 26.1 Å². The van der Waals surface area contributed by atoms with E-state index < -0.39 is 45.9 Å². The Bertz CT molecular complexity index is 1400. The van der Waals surface area contributed by atoms with E-state index in [2.05, 4.69) is 26.2 Å². The Hall–Kier alpha value is -4.32. The summed E-state index contributed by atoms with van der Waals surface area (Å²) in [6.45, 7) is 3.39. The maximum Gasteiger partial charge on any atom is 0.342 e. The Morgan fingerprint density at radius 2 is 1.69 bits per heavy atom. The molecule has 6 N–H and O–H groups in total. The highest BCUT2D eigenvalue weighted by Crippen LogP contribution is 2.41. The van der Waals surface area contributed by atoms with Gasteiger partial charge in [0.05, 0.1) is 11.1 Å². The van der Waals surface area contributed by atoms with E-state index in [1.54, 1.807) is 19.1 Å². The highest BCUT2D eigenvalue weighted by Gasteiger charge is 2.28. The number of carbonyl (C=O) groups excluding carboxylic acids is 1. The summed E-state index contributed by atoms with van der Waals surface area (Å²) in [4.78, 5) is 50.5. The number of nitrogens with two attached hydrogens (primary N) is 1. The number of H-pyrrole nitrogens is 1. The number of benzene rings is 2. The summed E-state index contributed by atoms with van der Waals surface area (Å²) in [6.07, 6.45) is 0. The van der Waals surface area contributed by atoms with Crippen molar-refractivity contribution in [3.63, 3.8) is 0 Å². The zero-order chi connectivity index (χ0) is 26.6. The van der Waals surface area contributed by atoms with Crippen LogP contribution in [0.15, 0.2) is 45.7 Å². The van der Waals surface area contributed by atoms with Gasteiger partial charge in [0, 0.05) is 11.3 Å². The van der Waals surface area contributed by atoms with E-state index in [4.69, 9.17) is 15.2 Å². The molecule has 36 heavy (non-hydrogen) atoms. The molecule has 0 radical (unpaired) electrons. The molecular formula is C24H22BrN3O8. The largest absolute Gasteiger partial charge is 0.490 e. The van der Waals surface area contributed by atoms with E-state index in [9.17, 15) is 29.4 Å². The Labute approximate surface area is 213 Å². The zero-order valence-corrected chi connectivity index (χ0v) is 20.8. The number of aromatic amines is 1. The number of rotatable bonds is 9. The van der Waals surface area contributed by atoms with Gasteiger partial charge in [-0.2, -0.15) is 0 Å². The summed E-state index contributed by atoms with van der Waals surface area (Å²) in [5.74, 6) is -3.93. The van der Waals surface area contributed by atoms with Gasteiger partial charge in [0.15, 0.2) is 18.1 Å². The average Bonchev–Trinajstić information content (AvgIpc) is 2.79. The number of pyridine rings is 1. The molecule has 12 heteroatoms. The van der Waals surface area contributed by atoms with Crippen LogP contribution in [0.2, 0.25) is 0 Å². The Balaban J connectivity index is 2.03. The van der Waals surface area contributed by atoms with Crippen LogP contribution in [0.5, 0.6) is 11.5 Å². The minimum atomic E-state index is -1.64. The maximum atomic E-state index is 12.4. The van der Waals surface area contributed by atoms with E-state index in [1.165, 1.54) is 12.1 Å². The van der Waals surface area contributed by atoms with Crippen molar-refractivity contribution in [1.82, 2.24) is 4.98 Å². The molecule has 1 heterocycles. The second kappa shape index (κ2) is 11.0. The van der Waals surface area contributed by atoms with Gasteiger partial charge in [-0.15, -0.1) is 0 Å². The van der Waals surface area contributed by atoms with Gasteiger partial charge in [-0.1, -0.05) is 17.7 Å². The Morgan fingerprint density at radius 1 is 1.06 bits per heavy atom. The van der Waals surface area contributed by atoms with E-state index in [0.29, 0.717) is 5.69 Å². The summed E-state index contributed by atoms with van der Waals surface area (Å²) < 4.78 is 11.5. The maximum absolute atomic E-state index is 12.4. The molecule has 0 spiro atoms. The molecule has 188 valence electrons. The lowest BCUT2D eigenvalue weighted by Gasteiger charge is -2.17. The number of carbonyl (C=O) groups is 3. The number of carboxylic acids is 2. The van der Waals surface area contributed by atoms with Crippen molar-refractivity contribution < 1.29 is 34.1 Å². The van der Waals surface area contributed by atoms with Crippen molar-refractivity contribution in [2.75, 3.05) is 24.3 Å². The first-order chi connectivity index (χ1) is 17.0. The highest BCUT2D eigenvalue weighted by molar-refractivity contribution is 9.10. The van der Waals surface area contributed by atoms with Gasteiger partial charge in [0.1, 0.15) is 16.9 Å². The second-order valence-electron chi connectivity index (χ2n) is 7.52. The Kier molecular flexibility index (Phi) is 8.00. The number of amides is 1. The SMILES string of the molecule is CCOc1cc(-c2c(C(=O)O)c(N)[nH]c(=O)c2C(=O)O)cc(Br)c1OCC(=O)Nc1ccc(C)cc1. The quantitative estimate of drug-likeness (QED) is 0.262. The molecule has 0 atom stereocenters. The van der Waals surface area contributed by atoms with Gasteiger partial charge in [0.25, 0.3) is 11.5 Å². The molecule has 3 rings (SSSR count). The number of hydrogen-bond acceptors (Lipinski definition) is 7. The number of ether oxygens (including phenoxy) is 2. The van der Waals surface area contributed by atoms with Crippen molar-refractivity contribution in [3.05, 3.63) is 67.9 Å². The van der Waals surface area contributed by atoms with Gasteiger partial charge in [0.2, 0.25) is 0 Å². The summed E-state index contributed by atoms with van der Waals surface area (Å²) in [5, 5.41) is 22.0. The molecule has 2 aromatic carbocycles. The number of nitrogen functional groups attached to an aromatic ring is 1. The highest BCUT2D eigenvalue weighted by atomic mass is 79.9. The number of aromatic carboxylic acids is 2. The summed E-state index contributed by atoms with van der Waals surface area (Å²) in [6, 6.07) is 9.85. The molecule has 1 amide bonds. The minimum absolute atomic E-state index is 0.0226. The summed E-state index contributed by atoms with van der Waals surface area (Å²) in [7, 11) is 0. The molecule has 0 aliphatic carbocycles. The predicted molar refractivity (Wildman–Crippen MR) is 135 cm³/mol. The topological polar surface area (TPSA) is 181 Å². The lowest BCUT2D eigenvalue weighted by atomic mass is 9.95. The summed E-state index contributed by atoms with van der Waals surface area (Å²) >= 11 is 3.30. The van der Waals surface area contributed by atoms with Crippen LogP contribution in [0.1, 0.15) is 33.2 Å². The van der Waals surface area contributed by atoms with Crippen molar-refractivity contribution in [3.8, 4) is 22.6 Å². The number of aromatic nitrogens is 1. The molecule has 0 saturated carbocycles. The standard InChI is InChI=1S/C24H22BrN3O8/c1-3-35-15-9-12(17-18(23(31)32)21(26)28-22(30)19(17)24(33)34)8-14(25)20(15)36-10-16(29)27-13-6-4-11(2)5-7-13/h4-9H,3,10H2,1-2H3,(H,27,29)(H,31,32)(H,33,34)(H3,26,28,30). The molecular weight excluding hydrogens is 538 g/mol. The van der Waals surface area contributed by atoms with Crippen molar-refractivity contribution >= 4 is 45.3 Å². The fourth-order valence-electron chi connectivity index (χ4n) is 3.42. The van der Waals surface area contributed by atoms with E-state index in [-0.39, 0.29) is 34.7 Å². The molecule has 3 aromatic rings. The number of carboxylic acid groups (broad SMARTS) is 2. The van der Waals surface area contributed by atoms with Crippen LogP contribution in [0.4, 0.5) is 11.5 Å². The van der Waals surface area contributed by atoms with Crippen LogP contribution in [-0.2, 0) is 4.79 Å². The first-order valence-electron chi connectivity index (χ1n) is 10.5. The van der Waals surface area contributed by atoms with Crippen LogP contribution in [0.25, 0.3) is 11.1 Å². The van der Waals surface area contributed by atoms with Crippen molar-refractivity contribution in [2.24, 2.45) is 0 Å². The lowest BCUT2D eigenvalue weighted by molar-refractivity contribution is -0.118. The molecule has 1 aromatic heterocycles. The number of halogens is 1.